The van der Waals surface area contributed by atoms with Gasteiger partial charge in [0.25, 0.3) is 5.91 Å². The van der Waals surface area contributed by atoms with Gasteiger partial charge in [-0.15, -0.1) is 0 Å². The lowest BCUT2D eigenvalue weighted by Crippen LogP contribution is -2.57. The molecule has 142 valence electrons. The number of likely N-dealkylation sites (tertiary alicyclic amines) is 1. The highest BCUT2D eigenvalue weighted by Crippen LogP contribution is 2.23. The Labute approximate surface area is 151 Å². The van der Waals surface area contributed by atoms with Crippen LogP contribution < -0.4 is 10.2 Å². The number of aliphatic carboxylic acids is 1. The standard InChI is InChI=1S/C17H25N5O4/c1-11-8-12(16(24)25)10-21(9-11)17(26)18-13-4-3-6-22(15(13)23)14-5-7-20(2)19-14/h5,7,11-13H,3-4,6,8-10H2,1-2H3,(H,18,26)(H,24,25). The van der Waals surface area contributed by atoms with Crippen molar-refractivity contribution in [1.82, 2.24) is 20.0 Å². The molecule has 3 atom stereocenters. The first-order chi connectivity index (χ1) is 12.3. The van der Waals surface area contributed by atoms with Crippen molar-refractivity contribution in [3.05, 3.63) is 12.3 Å². The van der Waals surface area contributed by atoms with E-state index in [0.29, 0.717) is 31.7 Å². The van der Waals surface area contributed by atoms with Gasteiger partial charge in [0.05, 0.1) is 5.92 Å². The first-order valence-electron chi connectivity index (χ1n) is 8.94. The molecule has 2 aliphatic heterocycles. The molecule has 2 saturated heterocycles. The van der Waals surface area contributed by atoms with Crippen LogP contribution in [-0.2, 0) is 16.6 Å². The van der Waals surface area contributed by atoms with Crippen LogP contribution in [0.15, 0.2) is 12.3 Å². The molecule has 0 spiro atoms. The van der Waals surface area contributed by atoms with Crippen molar-refractivity contribution < 1.29 is 19.5 Å². The molecular weight excluding hydrogens is 338 g/mol. The second-order valence-corrected chi connectivity index (χ2v) is 7.26. The lowest BCUT2D eigenvalue weighted by molar-refractivity contribution is -0.143. The van der Waals surface area contributed by atoms with Crippen molar-refractivity contribution in [3.63, 3.8) is 0 Å². The van der Waals surface area contributed by atoms with Crippen LogP contribution in [0.25, 0.3) is 0 Å². The minimum Gasteiger partial charge on any atom is -0.481 e. The van der Waals surface area contributed by atoms with E-state index in [-0.39, 0.29) is 24.4 Å². The summed E-state index contributed by atoms with van der Waals surface area (Å²) in [6.07, 6.45) is 3.67. The minimum atomic E-state index is -0.885. The maximum Gasteiger partial charge on any atom is 0.318 e. The lowest BCUT2D eigenvalue weighted by atomic mass is 9.91. The lowest BCUT2D eigenvalue weighted by Gasteiger charge is -2.37. The first-order valence-corrected chi connectivity index (χ1v) is 8.94. The number of urea groups is 1. The molecule has 3 heterocycles. The number of hydrogen-bond acceptors (Lipinski definition) is 4. The number of piperidine rings is 2. The molecule has 2 fully saturated rings. The van der Waals surface area contributed by atoms with Crippen molar-refractivity contribution in [1.29, 1.82) is 0 Å². The van der Waals surface area contributed by atoms with Gasteiger partial charge >= 0.3 is 12.0 Å². The Kier molecular flexibility index (Phi) is 5.15. The predicted octanol–water partition coefficient (Wildman–Crippen LogP) is 0.668. The summed E-state index contributed by atoms with van der Waals surface area (Å²) in [5.74, 6) is -0.930. The molecule has 3 amide bonds. The van der Waals surface area contributed by atoms with E-state index in [0.717, 1.165) is 6.42 Å². The van der Waals surface area contributed by atoms with Crippen LogP contribution in [0.3, 0.4) is 0 Å². The Morgan fingerprint density at radius 1 is 1.35 bits per heavy atom. The largest absolute Gasteiger partial charge is 0.481 e. The minimum absolute atomic E-state index is 0.114. The summed E-state index contributed by atoms with van der Waals surface area (Å²) >= 11 is 0. The smallest absolute Gasteiger partial charge is 0.318 e. The van der Waals surface area contributed by atoms with Gasteiger partial charge in [0.2, 0.25) is 0 Å². The van der Waals surface area contributed by atoms with E-state index in [1.54, 1.807) is 28.9 Å². The van der Waals surface area contributed by atoms with Crippen LogP contribution in [-0.4, -0.2) is 63.4 Å². The summed E-state index contributed by atoms with van der Waals surface area (Å²) in [7, 11) is 1.79. The summed E-state index contributed by atoms with van der Waals surface area (Å²) in [4.78, 5) is 39.7. The van der Waals surface area contributed by atoms with E-state index in [1.165, 1.54) is 4.90 Å². The number of rotatable bonds is 3. The Bertz CT molecular complexity index is 703. The Morgan fingerprint density at radius 3 is 2.77 bits per heavy atom. The van der Waals surface area contributed by atoms with Crippen LogP contribution in [0.5, 0.6) is 0 Å². The van der Waals surface area contributed by atoms with Gasteiger partial charge in [0.15, 0.2) is 5.82 Å². The van der Waals surface area contributed by atoms with E-state index in [2.05, 4.69) is 10.4 Å². The Balaban J connectivity index is 1.64. The first kappa shape index (κ1) is 18.2. The molecule has 2 aliphatic rings. The highest BCUT2D eigenvalue weighted by atomic mass is 16.4. The van der Waals surface area contributed by atoms with E-state index in [4.69, 9.17) is 0 Å². The molecule has 0 aliphatic carbocycles. The van der Waals surface area contributed by atoms with Gasteiger partial charge < -0.3 is 15.3 Å². The van der Waals surface area contributed by atoms with Gasteiger partial charge in [-0.3, -0.25) is 19.2 Å². The number of carboxylic acid groups (broad SMARTS) is 1. The molecule has 26 heavy (non-hydrogen) atoms. The third-order valence-electron chi connectivity index (χ3n) is 5.01. The molecule has 9 heteroatoms. The molecule has 9 nitrogen and oxygen atoms in total. The second-order valence-electron chi connectivity index (χ2n) is 7.26. The number of carbonyl (C=O) groups is 3. The predicted molar refractivity (Wildman–Crippen MR) is 93.6 cm³/mol. The summed E-state index contributed by atoms with van der Waals surface area (Å²) in [5, 5.41) is 16.3. The molecule has 2 N–H and O–H groups in total. The monoisotopic (exact) mass is 363 g/mol. The Morgan fingerprint density at radius 2 is 2.12 bits per heavy atom. The number of carbonyl (C=O) groups excluding carboxylic acids is 2. The van der Waals surface area contributed by atoms with Crippen LogP contribution >= 0.6 is 0 Å². The topological polar surface area (TPSA) is 108 Å². The third-order valence-corrected chi connectivity index (χ3v) is 5.01. The van der Waals surface area contributed by atoms with Crippen molar-refractivity contribution in [2.45, 2.75) is 32.2 Å². The van der Waals surface area contributed by atoms with E-state index in [9.17, 15) is 19.5 Å². The summed E-state index contributed by atoms with van der Waals surface area (Å²) in [5.41, 5.74) is 0. The molecule has 1 aromatic rings. The number of hydrogen-bond donors (Lipinski definition) is 2. The van der Waals surface area contributed by atoms with Crippen LogP contribution in [0, 0.1) is 11.8 Å². The average molecular weight is 363 g/mol. The molecule has 0 saturated carbocycles. The fourth-order valence-corrected chi connectivity index (χ4v) is 3.72. The fraction of sp³-hybridized carbons (Fsp3) is 0.647. The highest BCUT2D eigenvalue weighted by molar-refractivity contribution is 5.99. The number of carboxylic acids is 1. The zero-order chi connectivity index (χ0) is 18.8. The zero-order valence-electron chi connectivity index (χ0n) is 15.1. The number of anilines is 1. The number of nitrogens with one attached hydrogen (secondary N) is 1. The summed E-state index contributed by atoms with van der Waals surface area (Å²) < 4.78 is 1.63. The molecule has 0 aromatic carbocycles. The highest BCUT2D eigenvalue weighted by Gasteiger charge is 2.36. The molecule has 3 unspecified atom stereocenters. The molecule has 0 bridgehead atoms. The second kappa shape index (κ2) is 7.35. The van der Waals surface area contributed by atoms with Gasteiger partial charge in [-0.05, 0) is 25.2 Å². The van der Waals surface area contributed by atoms with Crippen molar-refractivity contribution in [2.75, 3.05) is 24.5 Å². The van der Waals surface area contributed by atoms with Crippen molar-refractivity contribution in [2.24, 2.45) is 18.9 Å². The summed E-state index contributed by atoms with van der Waals surface area (Å²) in [6, 6.07) is 0.786. The quantitative estimate of drug-likeness (QED) is 0.821. The Hall–Kier alpha value is -2.58. The van der Waals surface area contributed by atoms with E-state index in [1.807, 2.05) is 6.92 Å². The normalized spacial score (nSPS) is 26.7. The van der Waals surface area contributed by atoms with Gasteiger partial charge in [-0.2, -0.15) is 5.10 Å². The zero-order valence-corrected chi connectivity index (χ0v) is 15.1. The number of aromatic nitrogens is 2. The fourth-order valence-electron chi connectivity index (χ4n) is 3.72. The molecular formula is C17H25N5O4. The van der Waals surface area contributed by atoms with Gasteiger partial charge in [0, 0.05) is 38.9 Å². The maximum atomic E-state index is 12.7. The van der Waals surface area contributed by atoms with Gasteiger partial charge in [-0.25, -0.2) is 4.79 Å². The molecule has 1 aromatic heterocycles. The summed E-state index contributed by atoms with van der Waals surface area (Å²) in [6.45, 7) is 3.19. The SMILES string of the molecule is CC1CC(C(=O)O)CN(C(=O)NC2CCCN(c3ccn(C)n3)C2=O)C1. The van der Waals surface area contributed by atoms with Gasteiger partial charge in [0.1, 0.15) is 6.04 Å². The van der Waals surface area contributed by atoms with E-state index >= 15 is 0 Å². The average Bonchev–Trinajstić information content (AvgIpc) is 3.02. The number of aryl methyl sites for hydroxylation is 1. The van der Waals surface area contributed by atoms with Crippen molar-refractivity contribution in [3.8, 4) is 0 Å². The van der Waals surface area contributed by atoms with Crippen molar-refractivity contribution >= 4 is 23.7 Å². The molecule has 0 radical (unpaired) electrons. The van der Waals surface area contributed by atoms with E-state index < -0.39 is 17.9 Å². The van der Waals surface area contributed by atoms with Crippen LogP contribution in [0.2, 0.25) is 0 Å². The van der Waals surface area contributed by atoms with Crippen LogP contribution in [0.1, 0.15) is 26.2 Å². The number of nitrogens with zero attached hydrogens (tertiary/aromatic N) is 4. The van der Waals surface area contributed by atoms with Crippen LogP contribution in [0.4, 0.5) is 10.6 Å². The maximum absolute atomic E-state index is 12.7. The molecule has 3 rings (SSSR count). The number of amides is 3. The third kappa shape index (κ3) is 3.81. The van der Waals surface area contributed by atoms with Gasteiger partial charge in [-0.1, -0.05) is 6.92 Å².